The Balaban J connectivity index is 2.03. The third-order valence-electron chi connectivity index (χ3n) is 3.62. The number of rotatable bonds is 4. The van der Waals surface area contributed by atoms with E-state index in [0.717, 1.165) is 39.5 Å². The zero-order valence-corrected chi connectivity index (χ0v) is 14.0. The van der Waals surface area contributed by atoms with Gasteiger partial charge in [0.15, 0.2) is 0 Å². The molecule has 0 unspecified atom stereocenters. The Morgan fingerprint density at radius 2 is 1.68 bits per heavy atom. The Labute approximate surface area is 143 Å². The van der Waals surface area contributed by atoms with Crippen molar-refractivity contribution >= 4 is 21.5 Å². The quantitative estimate of drug-likeness (QED) is 0.565. The number of benzene rings is 2. The van der Waals surface area contributed by atoms with Crippen LogP contribution in [0.25, 0.3) is 11.3 Å². The molecule has 1 aromatic heterocycles. The average molecular weight is 358 g/mol. The van der Waals surface area contributed by atoms with Crippen LogP contribution in [0.4, 0.5) is 11.5 Å². The van der Waals surface area contributed by atoms with Crippen LogP contribution in [0.15, 0.2) is 59.5 Å². The number of aryl methyl sites for hydroxylation is 1. The Hall–Kier alpha value is -3.20. The Morgan fingerprint density at radius 3 is 2.24 bits per heavy atom. The Bertz CT molecular complexity index is 1040. The minimum atomic E-state index is -4.05. The molecule has 128 valence electrons. The van der Waals surface area contributed by atoms with E-state index in [2.05, 4.69) is 5.10 Å². The van der Waals surface area contributed by atoms with E-state index in [9.17, 15) is 18.5 Å². The lowest BCUT2D eigenvalue weighted by molar-refractivity contribution is -0.384. The largest absolute Gasteiger partial charge is 0.383 e. The van der Waals surface area contributed by atoms with E-state index in [0.29, 0.717) is 5.69 Å². The fraction of sp³-hybridized carbons (Fsp3) is 0.0625. The first-order chi connectivity index (χ1) is 11.8. The van der Waals surface area contributed by atoms with Gasteiger partial charge in [0, 0.05) is 23.8 Å². The number of anilines is 1. The molecule has 0 radical (unpaired) electrons. The number of nitrogens with two attached hydrogens (primary N) is 1. The molecule has 0 aliphatic carbocycles. The first kappa shape index (κ1) is 16.7. The molecule has 3 aromatic rings. The van der Waals surface area contributed by atoms with Crippen LogP contribution in [-0.2, 0) is 10.0 Å². The molecule has 0 fully saturated rings. The monoisotopic (exact) mass is 358 g/mol. The van der Waals surface area contributed by atoms with Crippen molar-refractivity contribution in [3.05, 3.63) is 70.3 Å². The van der Waals surface area contributed by atoms with E-state index in [1.165, 1.54) is 6.07 Å². The molecule has 0 atom stereocenters. The highest BCUT2D eigenvalue weighted by atomic mass is 32.2. The smallest absolute Gasteiger partial charge is 0.284 e. The summed E-state index contributed by atoms with van der Waals surface area (Å²) in [7, 11) is -4.05. The average Bonchev–Trinajstić information content (AvgIpc) is 2.98. The van der Waals surface area contributed by atoms with Gasteiger partial charge in [-0.05, 0) is 19.1 Å². The van der Waals surface area contributed by atoms with Crippen LogP contribution in [0.1, 0.15) is 5.56 Å². The second kappa shape index (κ2) is 6.02. The number of nitrogens with zero attached hydrogens (tertiary/aromatic N) is 3. The number of nitrogen functional groups attached to an aromatic ring is 1. The van der Waals surface area contributed by atoms with Crippen molar-refractivity contribution in [2.75, 3.05) is 5.73 Å². The second-order valence-corrected chi connectivity index (χ2v) is 7.19. The van der Waals surface area contributed by atoms with Crippen LogP contribution >= 0.6 is 0 Å². The summed E-state index contributed by atoms with van der Waals surface area (Å²) >= 11 is 0. The first-order valence-corrected chi connectivity index (χ1v) is 8.65. The lowest BCUT2D eigenvalue weighted by Gasteiger charge is -2.05. The standard InChI is InChI=1S/C16H14N4O4S/c1-11-2-4-12(5-3-11)15-10-16(17)19(18-15)25(23,24)14-8-6-13(7-9-14)20(21)22/h2-10H,17H2,1H3. The molecule has 0 amide bonds. The maximum atomic E-state index is 12.7. The van der Waals surface area contributed by atoms with E-state index in [1.54, 1.807) is 0 Å². The molecule has 2 N–H and O–H groups in total. The third-order valence-corrected chi connectivity index (χ3v) is 5.24. The van der Waals surface area contributed by atoms with Crippen molar-refractivity contribution in [2.45, 2.75) is 11.8 Å². The highest BCUT2D eigenvalue weighted by Gasteiger charge is 2.22. The van der Waals surface area contributed by atoms with Crippen LogP contribution < -0.4 is 5.73 Å². The summed E-state index contributed by atoms with van der Waals surface area (Å²) in [6.45, 7) is 1.94. The lowest BCUT2D eigenvalue weighted by atomic mass is 10.1. The summed E-state index contributed by atoms with van der Waals surface area (Å²) in [5.74, 6) is -0.0473. The zero-order chi connectivity index (χ0) is 18.2. The molecule has 3 rings (SSSR count). The normalized spacial score (nSPS) is 11.4. The van der Waals surface area contributed by atoms with Crippen LogP contribution in [0.3, 0.4) is 0 Å². The minimum Gasteiger partial charge on any atom is -0.383 e. The predicted molar refractivity (Wildman–Crippen MR) is 92.5 cm³/mol. The van der Waals surface area contributed by atoms with Crippen LogP contribution in [-0.4, -0.2) is 22.5 Å². The highest BCUT2D eigenvalue weighted by Crippen LogP contribution is 2.25. The van der Waals surface area contributed by atoms with E-state index in [-0.39, 0.29) is 16.4 Å². The predicted octanol–water partition coefficient (Wildman–Crippen LogP) is 2.59. The zero-order valence-electron chi connectivity index (χ0n) is 13.2. The Kier molecular flexibility index (Phi) is 4.01. The Morgan fingerprint density at radius 1 is 1.08 bits per heavy atom. The van der Waals surface area contributed by atoms with Gasteiger partial charge in [-0.25, -0.2) is 0 Å². The highest BCUT2D eigenvalue weighted by molar-refractivity contribution is 7.90. The van der Waals surface area contributed by atoms with Crippen molar-refractivity contribution in [3.8, 4) is 11.3 Å². The molecule has 8 nitrogen and oxygen atoms in total. The van der Waals surface area contributed by atoms with Gasteiger partial charge in [-0.1, -0.05) is 29.8 Å². The van der Waals surface area contributed by atoms with Gasteiger partial charge in [0.2, 0.25) is 0 Å². The fourth-order valence-corrected chi connectivity index (χ4v) is 3.48. The van der Waals surface area contributed by atoms with Gasteiger partial charge in [-0.2, -0.15) is 13.5 Å². The number of nitro groups is 1. The number of non-ortho nitro benzene ring substituents is 1. The summed E-state index contributed by atoms with van der Waals surface area (Å²) in [4.78, 5) is 9.95. The molecule has 0 saturated carbocycles. The molecule has 2 aromatic carbocycles. The number of nitro benzene ring substituents is 1. The molecule has 0 bridgehead atoms. The molecule has 0 saturated heterocycles. The van der Waals surface area contributed by atoms with Gasteiger partial charge in [-0.3, -0.25) is 10.1 Å². The summed E-state index contributed by atoms with van der Waals surface area (Å²) in [6.07, 6.45) is 0. The summed E-state index contributed by atoms with van der Waals surface area (Å²) in [6, 6.07) is 13.4. The summed E-state index contributed by atoms with van der Waals surface area (Å²) in [5, 5.41) is 14.8. The van der Waals surface area contributed by atoms with Gasteiger partial charge in [0.05, 0.1) is 15.5 Å². The molecule has 0 aliphatic rings. The summed E-state index contributed by atoms with van der Waals surface area (Å²) in [5.41, 5.74) is 7.84. The maximum Gasteiger partial charge on any atom is 0.284 e. The topological polar surface area (TPSA) is 121 Å². The van der Waals surface area contributed by atoms with Gasteiger partial charge in [-0.15, -0.1) is 4.09 Å². The number of aromatic nitrogens is 2. The van der Waals surface area contributed by atoms with Crippen molar-refractivity contribution in [3.63, 3.8) is 0 Å². The lowest BCUT2D eigenvalue weighted by Crippen LogP contribution is -2.16. The van der Waals surface area contributed by atoms with Crippen LogP contribution in [0, 0.1) is 17.0 Å². The van der Waals surface area contributed by atoms with Crippen molar-refractivity contribution < 1.29 is 13.3 Å². The maximum absolute atomic E-state index is 12.7. The number of hydrogen-bond acceptors (Lipinski definition) is 6. The van der Waals surface area contributed by atoms with Gasteiger partial charge in [0.1, 0.15) is 5.82 Å². The molecular formula is C16H14N4O4S. The molecule has 0 aliphatic heterocycles. The second-order valence-electron chi connectivity index (χ2n) is 5.42. The van der Waals surface area contributed by atoms with Crippen LogP contribution in [0.5, 0.6) is 0 Å². The van der Waals surface area contributed by atoms with Crippen molar-refractivity contribution in [1.29, 1.82) is 0 Å². The van der Waals surface area contributed by atoms with Crippen LogP contribution in [0.2, 0.25) is 0 Å². The summed E-state index contributed by atoms with van der Waals surface area (Å²) < 4.78 is 26.1. The minimum absolute atomic E-state index is 0.0473. The van der Waals surface area contributed by atoms with Crippen molar-refractivity contribution in [2.24, 2.45) is 0 Å². The molecular weight excluding hydrogens is 344 g/mol. The number of hydrogen-bond donors (Lipinski definition) is 1. The molecule has 25 heavy (non-hydrogen) atoms. The van der Waals surface area contributed by atoms with Crippen molar-refractivity contribution in [1.82, 2.24) is 9.19 Å². The van der Waals surface area contributed by atoms with Gasteiger partial charge in [0.25, 0.3) is 15.7 Å². The van der Waals surface area contributed by atoms with E-state index in [4.69, 9.17) is 5.73 Å². The first-order valence-electron chi connectivity index (χ1n) is 7.21. The molecule has 0 spiro atoms. The van der Waals surface area contributed by atoms with E-state index >= 15 is 0 Å². The van der Waals surface area contributed by atoms with E-state index in [1.807, 2.05) is 31.2 Å². The third kappa shape index (κ3) is 3.09. The SMILES string of the molecule is Cc1ccc(-c2cc(N)n(S(=O)(=O)c3ccc([N+](=O)[O-])cc3)n2)cc1. The van der Waals surface area contributed by atoms with Gasteiger partial charge >= 0.3 is 0 Å². The molecule has 1 heterocycles. The molecule has 9 heteroatoms. The fourth-order valence-electron chi connectivity index (χ4n) is 2.28. The van der Waals surface area contributed by atoms with E-state index < -0.39 is 14.9 Å². The van der Waals surface area contributed by atoms with Gasteiger partial charge < -0.3 is 5.73 Å².